The second-order valence-electron chi connectivity index (χ2n) is 10.1. The van der Waals surface area contributed by atoms with Crippen molar-refractivity contribution in [2.45, 2.75) is 13.8 Å². The first-order chi connectivity index (χ1) is 18.1. The Bertz CT molecular complexity index is 1790. The molecule has 6 aromatic rings. The first-order valence-corrected chi connectivity index (χ1v) is 13.0. The molecule has 0 N–H and O–H groups in total. The Morgan fingerprint density at radius 2 is 1.43 bits per heavy atom. The summed E-state index contributed by atoms with van der Waals surface area (Å²) >= 11 is 0. The van der Waals surface area contributed by atoms with Crippen molar-refractivity contribution in [1.29, 1.82) is 0 Å². The molecule has 0 radical (unpaired) electrons. The standard InChI is InChI=1S/C33H30N2O2/c1-21-20-37-33-27-19-30(36-3)29(35-15-13-34(14-16-35)24-10-5-4-6-11-24)18-26(27)32-25-12-8-7-9-23(25)17-28(32)31(33)22(21)2/h4-12,17-20H,13-16H2,1-3H3. The highest BCUT2D eigenvalue weighted by Gasteiger charge is 2.23. The maximum atomic E-state index is 6.31. The minimum absolute atomic E-state index is 0.894. The van der Waals surface area contributed by atoms with Crippen molar-refractivity contribution in [3.8, 4) is 5.75 Å². The number of hydrogen-bond acceptors (Lipinski definition) is 4. The van der Waals surface area contributed by atoms with Crippen LogP contribution in [-0.4, -0.2) is 33.3 Å². The minimum atomic E-state index is 0.894. The zero-order valence-electron chi connectivity index (χ0n) is 21.5. The van der Waals surface area contributed by atoms with E-state index in [0.717, 1.165) is 48.6 Å². The summed E-state index contributed by atoms with van der Waals surface area (Å²) in [4.78, 5) is 4.93. The molecule has 0 atom stereocenters. The van der Waals surface area contributed by atoms with Crippen molar-refractivity contribution in [3.05, 3.63) is 90.2 Å². The summed E-state index contributed by atoms with van der Waals surface area (Å²) in [6, 6.07) is 26.3. The summed E-state index contributed by atoms with van der Waals surface area (Å²) < 4.78 is 12.3. The van der Waals surface area contributed by atoms with Crippen LogP contribution >= 0.6 is 0 Å². The van der Waals surface area contributed by atoms with E-state index >= 15 is 0 Å². The van der Waals surface area contributed by atoms with Gasteiger partial charge in [0.15, 0.2) is 0 Å². The van der Waals surface area contributed by atoms with Gasteiger partial charge in [0.05, 0.1) is 19.1 Å². The second-order valence-corrected chi connectivity index (χ2v) is 10.1. The maximum absolute atomic E-state index is 6.31. The summed E-state index contributed by atoms with van der Waals surface area (Å²) in [5.41, 5.74) is 5.80. The minimum Gasteiger partial charge on any atom is -0.495 e. The Labute approximate surface area is 216 Å². The highest BCUT2D eigenvalue weighted by Crippen LogP contribution is 2.46. The number of ether oxygens (including phenoxy) is 1. The van der Waals surface area contributed by atoms with Crippen molar-refractivity contribution >= 4 is 54.7 Å². The molecule has 4 nitrogen and oxygen atoms in total. The number of methoxy groups -OCH3 is 1. The second kappa shape index (κ2) is 8.45. The highest BCUT2D eigenvalue weighted by atomic mass is 16.5. The first-order valence-electron chi connectivity index (χ1n) is 13.0. The van der Waals surface area contributed by atoms with Crippen LogP contribution in [0.15, 0.2) is 83.5 Å². The number of para-hydroxylation sites is 1. The van der Waals surface area contributed by atoms with E-state index in [1.54, 1.807) is 7.11 Å². The monoisotopic (exact) mass is 486 g/mol. The molecule has 1 aliphatic heterocycles. The lowest BCUT2D eigenvalue weighted by Gasteiger charge is -2.38. The molecule has 4 heteroatoms. The fourth-order valence-electron chi connectivity index (χ4n) is 6.11. The summed E-state index contributed by atoms with van der Waals surface area (Å²) in [6.45, 7) is 8.16. The molecule has 184 valence electrons. The van der Waals surface area contributed by atoms with Crippen LogP contribution < -0.4 is 14.5 Å². The molecular weight excluding hydrogens is 456 g/mol. The Hall–Kier alpha value is -4.18. The van der Waals surface area contributed by atoms with Crippen molar-refractivity contribution in [2.75, 3.05) is 43.1 Å². The van der Waals surface area contributed by atoms with Crippen LogP contribution in [0.2, 0.25) is 0 Å². The van der Waals surface area contributed by atoms with Crippen LogP contribution in [0.4, 0.5) is 11.4 Å². The van der Waals surface area contributed by atoms with Gasteiger partial charge in [-0.2, -0.15) is 0 Å². The van der Waals surface area contributed by atoms with E-state index in [1.807, 2.05) is 6.26 Å². The average molecular weight is 487 g/mol. The summed E-state index contributed by atoms with van der Waals surface area (Å²) in [7, 11) is 1.77. The van der Waals surface area contributed by atoms with Crippen LogP contribution in [0.1, 0.15) is 11.1 Å². The van der Waals surface area contributed by atoms with E-state index in [4.69, 9.17) is 9.15 Å². The summed E-state index contributed by atoms with van der Waals surface area (Å²) in [5, 5.41) is 8.64. The zero-order valence-corrected chi connectivity index (χ0v) is 21.5. The number of anilines is 2. The molecule has 0 aliphatic carbocycles. The fraction of sp³-hybridized carbons (Fsp3) is 0.212. The van der Waals surface area contributed by atoms with Crippen molar-refractivity contribution in [3.63, 3.8) is 0 Å². The van der Waals surface area contributed by atoms with Gasteiger partial charge in [0.25, 0.3) is 0 Å². The van der Waals surface area contributed by atoms with Crippen molar-refractivity contribution < 1.29 is 9.15 Å². The van der Waals surface area contributed by atoms with Crippen molar-refractivity contribution in [1.82, 2.24) is 0 Å². The van der Waals surface area contributed by atoms with Crippen LogP contribution in [0.25, 0.3) is 43.3 Å². The Morgan fingerprint density at radius 3 is 2.22 bits per heavy atom. The number of benzene rings is 4. The molecule has 7 rings (SSSR count). The molecule has 1 aromatic heterocycles. The SMILES string of the molecule is COc1cc2c(cc1N1CCN(c3ccccc3)CC1)c1c3ccccc3cc1c1c(C)c(C)coc21. The lowest BCUT2D eigenvalue weighted by molar-refractivity contribution is 0.414. The molecule has 0 saturated carbocycles. The third-order valence-corrected chi connectivity index (χ3v) is 8.19. The van der Waals surface area contributed by atoms with Gasteiger partial charge in [-0.05, 0) is 82.2 Å². The molecule has 5 aromatic carbocycles. The van der Waals surface area contributed by atoms with Gasteiger partial charge < -0.3 is 19.0 Å². The van der Waals surface area contributed by atoms with Gasteiger partial charge in [0.2, 0.25) is 0 Å². The predicted octanol–water partition coefficient (Wildman–Crippen LogP) is 7.84. The molecule has 0 amide bonds. The van der Waals surface area contributed by atoms with E-state index in [9.17, 15) is 0 Å². The lowest BCUT2D eigenvalue weighted by Crippen LogP contribution is -2.46. The number of rotatable bonds is 3. The van der Waals surface area contributed by atoms with Crippen LogP contribution in [-0.2, 0) is 0 Å². The van der Waals surface area contributed by atoms with Gasteiger partial charge in [0, 0.05) is 42.6 Å². The number of piperazine rings is 1. The summed E-state index contributed by atoms with van der Waals surface area (Å²) in [5.74, 6) is 0.894. The third-order valence-electron chi connectivity index (χ3n) is 8.19. The van der Waals surface area contributed by atoms with Gasteiger partial charge in [-0.25, -0.2) is 0 Å². The molecule has 1 aliphatic rings. The Kier molecular flexibility index (Phi) is 5.03. The Balaban J connectivity index is 1.45. The smallest absolute Gasteiger partial charge is 0.142 e. The largest absolute Gasteiger partial charge is 0.495 e. The van der Waals surface area contributed by atoms with E-state index in [1.165, 1.54) is 49.1 Å². The molecular formula is C33H30N2O2. The normalized spacial score (nSPS) is 14.4. The molecule has 0 spiro atoms. The number of fused-ring (bicyclic) bond motifs is 8. The molecule has 1 fully saturated rings. The van der Waals surface area contributed by atoms with E-state index in [0.29, 0.717) is 0 Å². The van der Waals surface area contributed by atoms with Gasteiger partial charge >= 0.3 is 0 Å². The van der Waals surface area contributed by atoms with E-state index in [-0.39, 0.29) is 0 Å². The van der Waals surface area contributed by atoms with Crippen LogP contribution in [0.5, 0.6) is 5.75 Å². The van der Waals surface area contributed by atoms with Gasteiger partial charge in [-0.15, -0.1) is 0 Å². The van der Waals surface area contributed by atoms with E-state index < -0.39 is 0 Å². The number of hydrogen-bond donors (Lipinski definition) is 0. The number of nitrogens with zero attached hydrogens (tertiary/aromatic N) is 2. The average Bonchev–Trinajstić information content (AvgIpc) is 3.34. The molecule has 37 heavy (non-hydrogen) atoms. The maximum Gasteiger partial charge on any atom is 0.142 e. The fourth-order valence-corrected chi connectivity index (χ4v) is 6.11. The zero-order chi connectivity index (χ0) is 25.1. The number of aryl methyl sites for hydroxylation is 2. The quantitative estimate of drug-likeness (QED) is 0.238. The molecule has 0 bridgehead atoms. The third kappa shape index (κ3) is 3.36. The van der Waals surface area contributed by atoms with Crippen LogP contribution in [0, 0.1) is 13.8 Å². The first kappa shape index (κ1) is 22.1. The molecule has 1 saturated heterocycles. The van der Waals surface area contributed by atoms with Gasteiger partial charge in [-0.1, -0.05) is 42.5 Å². The predicted molar refractivity (Wildman–Crippen MR) is 156 cm³/mol. The van der Waals surface area contributed by atoms with E-state index in [2.05, 4.69) is 96.4 Å². The Morgan fingerprint density at radius 1 is 0.703 bits per heavy atom. The topological polar surface area (TPSA) is 28.9 Å². The highest BCUT2D eigenvalue weighted by molar-refractivity contribution is 6.33. The van der Waals surface area contributed by atoms with Crippen LogP contribution in [0.3, 0.4) is 0 Å². The lowest BCUT2D eigenvalue weighted by atomic mass is 9.95. The van der Waals surface area contributed by atoms with Crippen molar-refractivity contribution in [2.24, 2.45) is 0 Å². The molecule has 0 unspecified atom stereocenters. The molecule has 2 heterocycles. The van der Waals surface area contributed by atoms with Gasteiger partial charge in [-0.3, -0.25) is 0 Å². The van der Waals surface area contributed by atoms with Gasteiger partial charge in [0.1, 0.15) is 11.3 Å². The summed E-state index contributed by atoms with van der Waals surface area (Å²) in [6.07, 6.45) is 1.88.